The molecule has 78 valence electrons. The van der Waals surface area contributed by atoms with Crippen molar-refractivity contribution in [2.75, 3.05) is 14.2 Å². The number of alkyl halides is 2. The van der Waals surface area contributed by atoms with Crippen LogP contribution in [-0.4, -0.2) is 14.2 Å². The van der Waals surface area contributed by atoms with E-state index in [1.165, 1.54) is 11.1 Å². The van der Waals surface area contributed by atoms with E-state index >= 15 is 0 Å². The minimum Gasteiger partial charge on any atom is -0.493 e. The van der Waals surface area contributed by atoms with Gasteiger partial charge in [-0.05, 0) is 11.6 Å². The molecule has 0 aliphatic carbocycles. The monoisotopic (exact) mass is 418 g/mol. The van der Waals surface area contributed by atoms with Crippen LogP contribution in [0.4, 0.5) is 0 Å². The second-order valence-electron chi connectivity index (χ2n) is 2.71. The highest BCUT2D eigenvalue weighted by Crippen LogP contribution is 2.35. The average Bonchev–Trinajstić information content (AvgIpc) is 2.26. The minimum atomic E-state index is 0.813. The Bertz CT molecular complexity index is 282. The molecule has 0 aromatic heterocycles. The average molecular weight is 418 g/mol. The molecule has 1 aromatic carbocycles. The van der Waals surface area contributed by atoms with E-state index in [2.05, 4.69) is 51.2 Å². The molecule has 0 aliphatic rings. The van der Waals surface area contributed by atoms with Crippen LogP contribution >= 0.6 is 45.2 Å². The maximum Gasteiger partial charge on any atom is 0.164 e. The molecule has 0 aliphatic heterocycles. The highest BCUT2D eigenvalue weighted by molar-refractivity contribution is 14.1. The highest BCUT2D eigenvalue weighted by Gasteiger charge is 2.12. The predicted molar refractivity (Wildman–Crippen MR) is 75.0 cm³/mol. The summed E-state index contributed by atoms with van der Waals surface area (Å²) in [6, 6.07) is 4.06. The Labute approximate surface area is 112 Å². The van der Waals surface area contributed by atoms with Gasteiger partial charge in [0.1, 0.15) is 0 Å². The molecule has 1 aromatic rings. The first-order chi connectivity index (χ1) is 6.78. The van der Waals surface area contributed by atoms with Gasteiger partial charge in [-0.15, -0.1) is 0 Å². The Morgan fingerprint density at radius 2 is 1.79 bits per heavy atom. The lowest BCUT2D eigenvalue weighted by Gasteiger charge is -2.14. The Morgan fingerprint density at radius 1 is 1.07 bits per heavy atom. The third-order valence-corrected chi connectivity index (χ3v) is 3.61. The van der Waals surface area contributed by atoms with Crippen molar-refractivity contribution in [3.8, 4) is 11.5 Å². The first-order valence-electron chi connectivity index (χ1n) is 4.13. The summed E-state index contributed by atoms with van der Waals surface area (Å²) >= 11 is 4.70. The number of hydrogen-bond donors (Lipinski definition) is 0. The fraction of sp³-hybridized carbons (Fsp3) is 0.400. The number of hydrogen-bond acceptors (Lipinski definition) is 2. The van der Waals surface area contributed by atoms with Gasteiger partial charge in [-0.1, -0.05) is 51.2 Å². The third kappa shape index (κ3) is 2.44. The zero-order chi connectivity index (χ0) is 10.6. The van der Waals surface area contributed by atoms with Crippen LogP contribution in [0, 0.1) is 0 Å². The summed E-state index contributed by atoms with van der Waals surface area (Å²) < 4.78 is 12.6. The third-order valence-electron chi connectivity index (χ3n) is 2.02. The lowest BCUT2D eigenvalue weighted by molar-refractivity contribution is 0.352. The van der Waals surface area contributed by atoms with Crippen LogP contribution in [0.5, 0.6) is 11.5 Å². The molecular weight excluding hydrogens is 406 g/mol. The van der Waals surface area contributed by atoms with Crippen LogP contribution < -0.4 is 9.47 Å². The van der Waals surface area contributed by atoms with Gasteiger partial charge in [-0.25, -0.2) is 0 Å². The first kappa shape index (κ1) is 12.4. The summed E-state index contributed by atoms with van der Waals surface area (Å²) in [6.45, 7) is 0. The molecule has 0 saturated carbocycles. The number of halogens is 2. The van der Waals surface area contributed by atoms with Crippen LogP contribution in [0.3, 0.4) is 0 Å². The van der Waals surface area contributed by atoms with E-state index in [0.717, 1.165) is 20.4 Å². The van der Waals surface area contributed by atoms with Crippen LogP contribution in [0.15, 0.2) is 12.1 Å². The molecule has 0 radical (unpaired) electrons. The molecule has 0 saturated heterocycles. The standard InChI is InChI=1S/C10H12I2O2/c1-13-9-4-3-7(5-11)8(6-12)10(9)14-2/h3-4H,5-6H2,1-2H3. The van der Waals surface area contributed by atoms with E-state index in [-0.39, 0.29) is 0 Å². The van der Waals surface area contributed by atoms with Gasteiger partial charge >= 0.3 is 0 Å². The second kappa shape index (κ2) is 5.99. The van der Waals surface area contributed by atoms with Crippen LogP contribution in [0.2, 0.25) is 0 Å². The van der Waals surface area contributed by atoms with Gasteiger partial charge < -0.3 is 9.47 Å². The summed E-state index contributed by atoms with van der Waals surface area (Å²) in [5.74, 6) is 1.68. The van der Waals surface area contributed by atoms with E-state index in [9.17, 15) is 0 Å². The topological polar surface area (TPSA) is 18.5 Å². The second-order valence-corrected chi connectivity index (χ2v) is 4.23. The van der Waals surface area contributed by atoms with Crippen LogP contribution in [-0.2, 0) is 8.86 Å². The number of rotatable bonds is 4. The van der Waals surface area contributed by atoms with E-state index in [4.69, 9.17) is 9.47 Å². The molecule has 1 rings (SSSR count). The lowest BCUT2D eigenvalue weighted by atomic mass is 10.1. The van der Waals surface area contributed by atoms with Crippen molar-refractivity contribution in [2.45, 2.75) is 8.86 Å². The summed E-state index contributed by atoms with van der Waals surface area (Å²) in [7, 11) is 3.35. The molecule has 0 spiro atoms. The maximum absolute atomic E-state index is 5.37. The van der Waals surface area contributed by atoms with Gasteiger partial charge in [-0.2, -0.15) is 0 Å². The Balaban J connectivity index is 3.28. The molecule has 14 heavy (non-hydrogen) atoms. The summed E-state index contributed by atoms with van der Waals surface area (Å²) in [4.78, 5) is 0. The number of ether oxygens (including phenoxy) is 2. The summed E-state index contributed by atoms with van der Waals surface area (Å²) in [6.07, 6.45) is 0. The molecule has 2 nitrogen and oxygen atoms in total. The van der Waals surface area contributed by atoms with Crippen LogP contribution in [0.1, 0.15) is 11.1 Å². The fourth-order valence-electron chi connectivity index (χ4n) is 1.30. The number of methoxy groups -OCH3 is 2. The van der Waals surface area contributed by atoms with E-state index in [1.807, 2.05) is 6.07 Å². The fourth-order valence-corrected chi connectivity index (χ4v) is 2.85. The van der Waals surface area contributed by atoms with Crippen molar-refractivity contribution in [3.05, 3.63) is 23.3 Å². The Morgan fingerprint density at radius 3 is 2.21 bits per heavy atom. The van der Waals surface area contributed by atoms with E-state index in [1.54, 1.807) is 14.2 Å². The molecular formula is C10H12I2O2. The molecule has 0 N–H and O–H groups in total. The minimum absolute atomic E-state index is 0.813. The van der Waals surface area contributed by atoms with E-state index < -0.39 is 0 Å². The molecule has 0 atom stereocenters. The maximum atomic E-state index is 5.37. The van der Waals surface area contributed by atoms with E-state index in [0.29, 0.717) is 0 Å². The molecule has 0 unspecified atom stereocenters. The first-order valence-corrected chi connectivity index (χ1v) is 7.18. The van der Waals surface area contributed by atoms with Gasteiger partial charge in [0.2, 0.25) is 0 Å². The van der Waals surface area contributed by atoms with Gasteiger partial charge in [0.25, 0.3) is 0 Å². The van der Waals surface area contributed by atoms with Gasteiger partial charge in [-0.3, -0.25) is 0 Å². The van der Waals surface area contributed by atoms with Gasteiger partial charge in [0, 0.05) is 14.4 Å². The van der Waals surface area contributed by atoms with Crippen molar-refractivity contribution >= 4 is 45.2 Å². The predicted octanol–water partition coefficient (Wildman–Crippen LogP) is 3.57. The normalized spacial score (nSPS) is 10.0. The Hall–Kier alpha value is 0.280. The highest BCUT2D eigenvalue weighted by atomic mass is 127. The van der Waals surface area contributed by atoms with Crippen molar-refractivity contribution in [1.29, 1.82) is 0 Å². The number of benzene rings is 1. The molecule has 0 bridgehead atoms. The van der Waals surface area contributed by atoms with Crippen LogP contribution in [0.25, 0.3) is 0 Å². The zero-order valence-electron chi connectivity index (χ0n) is 8.14. The van der Waals surface area contributed by atoms with Gasteiger partial charge in [0.05, 0.1) is 14.2 Å². The summed E-state index contributed by atoms with van der Waals surface area (Å²) in [5.41, 5.74) is 2.56. The Kier molecular flexibility index (Phi) is 5.29. The summed E-state index contributed by atoms with van der Waals surface area (Å²) in [5, 5.41) is 0. The largest absolute Gasteiger partial charge is 0.493 e. The van der Waals surface area contributed by atoms with Crippen molar-refractivity contribution in [3.63, 3.8) is 0 Å². The smallest absolute Gasteiger partial charge is 0.164 e. The zero-order valence-corrected chi connectivity index (χ0v) is 12.5. The molecule has 4 heteroatoms. The SMILES string of the molecule is COc1ccc(CI)c(CI)c1OC. The van der Waals surface area contributed by atoms with Crippen molar-refractivity contribution in [2.24, 2.45) is 0 Å². The van der Waals surface area contributed by atoms with Gasteiger partial charge in [0.15, 0.2) is 11.5 Å². The van der Waals surface area contributed by atoms with Crippen molar-refractivity contribution in [1.82, 2.24) is 0 Å². The molecule has 0 heterocycles. The van der Waals surface area contributed by atoms with Crippen molar-refractivity contribution < 1.29 is 9.47 Å². The molecule has 0 amide bonds. The molecule has 0 fully saturated rings. The quantitative estimate of drug-likeness (QED) is 0.550. The lowest BCUT2D eigenvalue weighted by Crippen LogP contribution is -1.97.